The van der Waals surface area contributed by atoms with Gasteiger partial charge in [-0.2, -0.15) is 0 Å². The summed E-state index contributed by atoms with van der Waals surface area (Å²) in [5, 5.41) is 9.71. The third-order valence-electron chi connectivity index (χ3n) is 4.86. The van der Waals surface area contributed by atoms with Gasteiger partial charge in [0.15, 0.2) is 17.3 Å². The summed E-state index contributed by atoms with van der Waals surface area (Å²) in [5.41, 5.74) is 2.02. The first-order valence-corrected chi connectivity index (χ1v) is 9.74. The Morgan fingerprint density at radius 2 is 1.89 bits per heavy atom. The van der Waals surface area contributed by atoms with Gasteiger partial charge in [-0.25, -0.2) is 4.98 Å². The highest BCUT2D eigenvalue weighted by Gasteiger charge is 2.13. The predicted molar refractivity (Wildman–Crippen MR) is 108 cm³/mol. The van der Waals surface area contributed by atoms with Crippen LogP contribution in [0.5, 0.6) is 11.5 Å². The number of phenolic OH excluding ortho intramolecular Hbond substituents is 1. The lowest BCUT2D eigenvalue weighted by Crippen LogP contribution is -2.09. The molecule has 1 N–H and O–H groups in total. The topological polar surface area (TPSA) is 59.4 Å². The van der Waals surface area contributed by atoms with E-state index >= 15 is 0 Å². The van der Waals surface area contributed by atoms with E-state index in [1.165, 1.54) is 32.6 Å². The standard InChI is InChI=1S/C15H15NO3.C8H16/c1-10-6-7-15(14(18)8-10)19-9-12-4-3-5-13(16-12)11(2)17;1-7-4-3-5-8(2)6-7/h3-8,18H,9H2,1-2H3;7-8H,3-6H2,1-2H3. The highest BCUT2D eigenvalue weighted by atomic mass is 16.5. The Kier molecular flexibility index (Phi) is 7.83. The van der Waals surface area contributed by atoms with Crippen molar-refractivity contribution >= 4 is 5.78 Å². The maximum Gasteiger partial charge on any atom is 0.178 e. The first-order valence-electron chi connectivity index (χ1n) is 9.74. The number of rotatable bonds is 4. The lowest BCUT2D eigenvalue weighted by Gasteiger charge is -2.22. The van der Waals surface area contributed by atoms with Crippen molar-refractivity contribution in [1.29, 1.82) is 0 Å². The second-order valence-corrected chi connectivity index (χ2v) is 7.71. The Balaban J connectivity index is 0.000000273. The van der Waals surface area contributed by atoms with Crippen LogP contribution in [0.25, 0.3) is 0 Å². The number of carbonyl (C=O) groups excluding carboxylic acids is 1. The molecule has 0 amide bonds. The number of ether oxygens (including phenoxy) is 1. The summed E-state index contributed by atoms with van der Waals surface area (Å²) in [6, 6.07) is 10.4. The number of hydrogen-bond acceptors (Lipinski definition) is 4. The van der Waals surface area contributed by atoms with E-state index in [0.717, 1.165) is 17.4 Å². The molecule has 1 aliphatic rings. The summed E-state index contributed by atoms with van der Waals surface area (Å²) in [4.78, 5) is 15.4. The van der Waals surface area contributed by atoms with E-state index in [2.05, 4.69) is 18.8 Å². The average molecular weight is 370 g/mol. The number of Topliss-reactive ketones (excluding diaryl/α,β-unsaturated/α-hetero) is 1. The molecule has 1 heterocycles. The van der Waals surface area contributed by atoms with E-state index in [9.17, 15) is 9.90 Å². The van der Waals surface area contributed by atoms with Gasteiger partial charge in [0.05, 0.1) is 5.69 Å². The van der Waals surface area contributed by atoms with Crippen LogP contribution in [0.1, 0.15) is 68.2 Å². The molecule has 1 aliphatic carbocycles. The van der Waals surface area contributed by atoms with Crippen LogP contribution >= 0.6 is 0 Å². The van der Waals surface area contributed by atoms with E-state index in [1.54, 1.807) is 30.3 Å². The van der Waals surface area contributed by atoms with Crippen LogP contribution in [0.2, 0.25) is 0 Å². The smallest absolute Gasteiger partial charge is 0.178 e. The molecule has 0 spiro atoms. The molecule has 3 rings (SSSR count). The second-order valence-electron chi connectivity index (χ2n) is 7.71. The Hall–Kier alpha value is -2.36. The van der Waals surface area contributed by atoms with E-state index in [4.69, 9.17) is 4.74 Å². The summed E-state index contributed by atoms with van der Waals surface area (Å²) in [5.74, 6) is 2.45. The van der Waals surface area contributed by atoms with Crippen LogP contribution < -0.4 is 4.74 Å². The zero-order valence-electron chi connectivity index (χ0n) is 16.9. The van der Waals surface area contributed by atoms with Gasteiger partial charge in [-0.1, -0.05) is 45.2 Å². The molecule has 4 nitrogen and oxygen atoms in total. The average Bonchev–Trinajstić information content (AvgIpc) is 2.61. The number of hydrogen-bond donors (Lipinski definition) is 1. The van der Waals surface area contributed by atoms with Gasteiger partial charge >= 0.3 is 0 Å². The first-order chi connectivity index (χ1) is 12.8. The molecule has 0 saturated heterocycles. The van der Waals surface area contributed by atoms with Gasteiger partial charge in [-0.15, -0.1) is 0 Å². The van der Waals surface area contributed by atoms with Crippen LogP contribution in [-0.4, -0.2) is 15.9 Å². The number of aromatic hydroxyl groups is 1. The third kappa shape index (κ3) is 7.05. The summed E-state index contributed by atoms with van der Waals surface area (Å²) in [6.07, 6.45) is 5.90. The van der Waals surface area contributed by atoms with Gasteiger partial charge in [0.2, 0.25) is 0 Å². The zero-order valence-corrected chi connectivity index (χ0v) is 16.9. The first kappa shape index (κ1) is 20.9. The number of aryl methyl sites for hydroxylation is 1. The SMILES string of the molecule is CC(=O)c1cccc(COc2ccc(C)cc2O)n1.CC1CCCC(C)C1. The van der Waals surface area contributed by atoms with Gasteiger partial charge in [0.25, 0.3) is 0 Å². The Morgan fingerprint density at radius 3 is 2.44 bits per heavy atom. The van der Waals surface area contributed by atoms with Crippen LogP contribution in [0.4, 0.5) is 0 Å². The molecule has 1 fully saturated rings. The maximum absolute atomic E-state index is 11.2. The monoisotopic (exact) mass is 369 g/mol. The quantitative estimate of drug-likeness (QED) is 0.701. The van der Waals surface area contributed by atoms with Crippen molar-refractivity contribution in [3.8, 4) is 11.5 Å². The van der Waals surface area contributed by atoms with E-state index in [-0.39, 0.29) is 18.1 Å². The summed E-state index contributed by atoms with van der Waals surface area (Å²) >= 11 is 0. The number of carbonyl (C=O) groups is 1. The lowest BCUT2D eigenvalue weighted by molar-refractivity contribution is 0.101. The number of pyridine rings is 1. The normalized spacial score (nSPS) is 19.0. The molecule has 2 unspecified atom stereocenters. The summed E-state index contributed by atoms with van der Waals surface area (Å²) in [6.45, 7) is 8.31. The van der Waals surface area contributed by atoms with Gasteiger partial charge in [-0.3, -0.25) is 4.79 Å². The van der Waals surface area contributed by atoms with E-state index in [0.29, 0.717) is 17.1 Å². The Bertz CT molecular complexity index is 749. The van der Waals surface area contributed by atoms with Crippen molar-refractivity contribution in [2.24, 2.45) is 11.8 Å². The molecule has 4 heteroatoms. The molecular formula is C23H31NO3. The number of aromatic nitrogens is 1. The number of ketones is 1. The minimum absolute atomic E-state index is 0.0833. The second kappa shape index (κ2) is 10.1. The van der Waals surface area contributed by atoms with Crippen LogP contribution in [0.15, 0.2) is 36.4 Å². The van der Waals surface area contributed by atoms with E-state index in [1.807, 2.05) is 13.0 Å². The van der Waals surface area contributed by atoms with Crippen molar-refractivity contribution in [1.82, 2.24) is 4.98 Å². The Labute approximate surface area is 162 Å². The maximum atomic E-state index is 11.2. The molecule has 1 aromatic heterocycles. The van der Waals surface area contributed by atoms with Crippen molar-refractivity contribution in [2.45, 2.75) is 60.0 Å². The molecule has 0 bridgehead atoms. The van der Waals surface area contributed by atoms with Gasteiger partial charge in [-0.05, 0) is 55.0 Å². The third-order valence-corrected chi connectivity index (χ3v) is 4.86. The summed E-state index contributed by atoms with van der Waals surface area (Å²) < 4.78 is 5.49. The fraction of sp³-hybridized carbons (Fsp3) is 0.478. The molecule has 2 aromatic rings. The molecule has 1 saturated carbocycles. The van der Waals surface area contributed by atoms with Gasteiger partial charge < -0.3 is 9.84 Å². The summed E-state index contributed by atoms with van der Waals surface area (Å²) in [7, 11) is 0. The van der Waals surface area contributed by atoms with E-state index < -0.39 is 0 Å². The largest absolute Gasteiger partial charge is 0.504 e. The molecule has 146 valence electrons. The number of benzene rings is 1. The van der Waals surface area contributed by atoms with Gasteiger partial charge in [0.1, 0.15) is 12.3 Å². The van der Waals surface area contributed by atoms with Crippen molar-refractivity contribution in [3.05, 3.63) is 53.3 Å². The lowest BCUT2D eigenvalue weighted by atomic mass is 9.84. The molecular weight excluding hydrogens is 338 g/mol. The molecule has 0 radical (unpaired) electrons. The van der Waals surface area contributed by atoms with Crippen LogP contribution in [0.3, 0.4) is 0 Å². The number of nitrogens with zero attached hydrogens (tertiary/aromatic N) is 1. The predicted octanol–water partition coefficient (Wildman–Crippen LogP) is 5.71. The fourth-order valence-electron chi connectivity index (χ4n) is 3.39. The molecule has 27 heavy (non-hydrogen) atoms. The highest BCUT2D eigenvalue weighted by molar-refractivity contribution is 5.92. The van der Waals surface area contributed by atoms with Crippen molar-refractivity contribution in [3.63, 3.8) is 0 Å². The van der Waals surface area contributed by atoms with Crippen molar-refractivity contribution in [2.75, 3.05) is 0 Å². The zero-order chi connectivity index (χ0) is 19.8. The van der Waals surface area contributed by atoms with Crippen LogP contribution in [-0.2, 0) is 6.61 Å². The molecule has 1 aromatic carbocycles. The minimum Gasteiger partial charge on any atom is -0.504 e. The fourth-order valence-corrected chi connectivity index (χ4v) is 3.39. The highest BCUT2D eigenvalue weighted by Crippen LogP contribution is 2.28. The molecule has 2 atom stereocenters. The number of phenols is 1. The Morgan fingerprint density at radius 1 is 1.19 bits per heavy atom. The van der Waals surface area contributed by atoms with Gasteiger partial charge in [0, 0.05) is 6.92 Å². The van der Waals surface area contributed by atoms with Crippen molar-refractivity contribution < 1.29 is 14.6 Å². The van der Waals surface area contributed by atoms with Crippen LogP contribution in [0, 0.1) is 18.8 Å². The molecule has 0 aliphatic heterocycles. The minimum atomic E-state index is -0.0833.